The Morgan fingerprint density at radius 3 is 2.77 bits per heavy atom. The van der Waals surface area contributed by atoms with Gasteiger partial charge in [-0.1, -0.05) is 30.3 Å². The summed E-state index contributed by atoms with van der Waals surface area (Å²) in [6.07, 6.45) is 4.65. The molecule has 26 heavy (non-hydrogen) atoms. The van der Waals surface area contributed by atoms with Crippen molar-refractivity contribution in [2.75, 3.05) is 27.2 Å². The third-order valence-corrected chi connectivity index (χ3v) is 6.55. The number of likely N-dealkylation sites (tertiary alicyclic amines) is 1. The number of hydrogen-bond donors (Lipinski definition) is 0. The van der Waals surface area contributed by atoms with E-state index in [4.69, 9.17) is 9.47 Å². The number of piperidine rings is 1. The Balaban J connectivity index is 1.53. The molecule has 2 aliphatic heterocycles. The SMILES string of the molecule is CN=Cc1cc2c(s1)CC(OC)OC21CCN(Cc2ccccc2)CC1. The molecule has 2 aromatic rings. The number of benzene rings is 1. The zero-order chi connectivity index (χ0) is 18.0. The van der Waals surface area contributed by atoms with Gasteiger partial charge < -0.3 is 9.47 Å². The number of thiophene rings is 1. The molecule has 0 aliphatic carbocycles. The Morgan fingerprint density at radius 1 is 1.31 bits per heavy atom. The zero-order valence-corrected chi connectivity index (χ0v) is 16.3. The van der Waals surface area contributed by atoms with E-state index >= 15 is 0 Å². The third kappa shape index (κ3) is 3.49. The van der Waals surface area contributed by atoms with E-state index in [1.807, 2.05) is 24.6 Å². The highest BCUT2D eigenvalue weighted by molar-refractivity contribution is 7.13. The molecule has 0 saturated carbocycles. The average Bonchev–Trinajstić information content (AvgIpc) is 3.08. The first kappa shape index (κ1) is 17.9. The summed E-state index contributed by atoms with van der Waals surface area (Å²) in [6.45, 7) is 3.09. The van der Waals surface area contributed by atoms with Crippen LogP contribution in [0.5, 0.6) is 0 Å². The molecule has 1 unspecified atom stereocenters. The van der Waals surface area contributed by atoms with E-state index in [2.05, 4.69) is 46.3 Å². The summed E-state index contributed by atoms with van der Waals surface area (Å²) >= 11 is 1.83. The van der Waals surface area contributed by atoms with E-state index < -0.39 is 0 Å². The molecule has 0 amide bonds. The molecule has 2 aliphatic rings. The molecule has 0 N–H and O–H groups in total. The average molecular weight is 371 g/mol. The van der Waals surface area contributed by atoms with Crippen LogP contribution in [0.1, 0.15) is 33.7 Å². The molecule has 4 rings (SSSR count). The highest BCUT2D eigenvalue weighted by Gasteiger charge is 2.44. The second-order valence-electron chi connectivity index (χ2n) is 7.12. The van der Waals surface area contributed by atoms with Crippen molar-refractivity contribution in [1.82, 2.24) is 4.90 Å². The molecule has 0 radical (unpaired) electrons. The number of aliphatic imine (C=N–C) groups is 1. The molecular weight excluding hydrogens is 344 g/mol. The molecule has 1 saturated heterocycles. The molecule has 1 aromatic carbocycles. The van der Waals surface area contributed by atoms with E-state index in [9.17, 15) is 0 Å². The first-order chi connectivity index (χ1) is 12.7. The standard InChI is InChI=1S/C21H26N2O2S/c1-22-14-17-12-18-19(26-17)13-20(24-2)25-21(18)8-10-23(11-9-21)15-16-6-4-3-5-7-16/h3-7,12,14,20H,8-11,13,15H2,1-2H3. The van der Waals surface area contributed by atoms with Crippen LogP contribution in [0.2, 0.25) is 0 Å². The van der Waals surface area contributed by atoms with E-state index in [0.29, 0.717) is 0 Å². The summed E-state index contributed by atoms with van der Waals surface area (Å²) in [5.74, 6) is 0. The molecule has 138 valence electrons. The predicted octanol–water partition coefficient (Wildman–Crippen LogP) is 3.83. The molecule has 4 nitrogen and oxygen atoms in total. The van der Waals surface area contributed by atoms with Gasteiger partial charge in [0.15, 0.2) is 6.29 Å². The van der Waals surface area contributed by atoms with Crippen molar-refractivity contribution in [2.45, 2.75) is 37.7 Å². The molecule has 1 spiro atoms. The lowest BCUT2D eigenvalue weighted by molar-refractivity contribution is -0.226. The van der Waals surface area contributed by atoms with Crippen LogP contribution in [0, 0.1) is 0 Å². The van der Waals surface area contributed by atoms with Crippen LogP contribution in [-0.4, -0.2) is 44.7 Å². The van der Waals surface area contributed by atoms with Crippen LogP contribution in [0.3, 0.4) is 0 Å². The van der Waals surface area contributed by atoms with E-state index in [-0.39, 0.29) is 11.9 Å². The second kappa shape index (κ2) is 7.61. The van der Waals surface area contributed by atoms with E-state index in [1.165, 1.54) is 20.9 Å². The Hall–Kier alpha value is -1.53. The summed E-state index contributed by atoms with van der Waals surface area (Å²) in [5.41, 5.74) is 2.53. The number of methoxy groups -OCH3 is 1. The molecule has 1 aromatic heterocycles. The van der Waals surface area contributed by atoms with Crippen LogP contribution in [0.25, 0.3) is 0 Å². The van der Waals surface area contributed by atoms with Crippen LogP contribution < -0.4 is 0 Å². The fourth-order valence-electron chi connectivity index (χ4n) is 4.12. The molecule has 0 bridgehead atoms. The lowest BCUT2D eigenvalue weighted by atomic mass is 9.82. The van der Waals surface area contributed by atoms with Gasteiger partial charge in [-0.3, -0.25) is 9.89 Å². The van der Waals surface area contributed by atoms with Gasteiger partial charge in [0.05, 0.1) is 5.60 Å². The quantitative estimate of drug-likeness (QED) is 0.767. The first-order valence-electron chi connectivity index (χ1n) is 9.25. The lowest BCUT2D eigenvalue weighted by Gasteiger charge is -2.46. The van der Waals surface area contributed by atoms with Crippen molar-refractivity contribution in [1.29, 1.82) is 0 Å². The summed E-state index contributed by atoms with van der Waals surface area (Å²) in [7, 11) is 3.57. The Morgan fingerprint density at radius 2 is 2.08 bits per heavy atom. The largest absolute Gasteiger partial charge is 0.355 e. The molecule has 1 fully saturated rings. The van der Waals surface area contributed by atoms with Gasteiger partial charge in [0.25, 0.3) is 0 Å². The predicted molar refractivity (Wildman–Crippen MR) is 106 cm³/mol. The van der Waals surface area contributed by atoms with Crippen LogP contribution in [0.15, 0.2) is 41.4 Å². The second-order valence-corrected chi connectivity index (χ2v) is 8.28. The maximum absolute atomic E-state index is 6.49. The van der Waals surface area contributed by atoms with Gasteiger partial charge in [0.2, 0.25) is 0 Å². The fraction of sp³-hybridized carbons (Fsp3) is 0.476. The monoisotopic (exact) mass is 370 g/mol. The van der Waals surface area contributed by atoms with Gasteiger partial charge in [0.1, 0.15) is 0 Å². The van der Waals surface area contributed by atoms with Gasteiger partial charge in [-0.25, -0.2) is 0 Å². The maximum Gasteiger partial charge on any atom is 0.163 e. The van der Waals surface area contributed by atoms with Crippen molar-refractivity contribution < 1.29 is 9.47 Å². The van der Waals surface area contributed by atoms with Crippen LogP contribution in [0.4, 0.5) is 0 Å². The smallest absolute Gasteiger partial charge is 0.163 e. The maximum atomic E-state index is 6.49. The number of fused-ring (bicyclic) bond motifs is 2. The minimum absolute atomic E-state index is 0.145. The van der Waals surface area contributed by atoms with Crippen molar-refractivity contribution in [2.24, 2.45) is 4.99 Å². The van der Waals surface area contributed by atoms with Crippen molar-refractivity contribution in [3.8, 4) is 0 Å². The number of ether oxygens (including phenoxy) is 2. The van der Waals surface area contributed by atoms with Crippen molar-refractivity contribution in [3.63, 3.8) is 0 Å². The molecule has 1 atom stereocenters. The summed E-state index contributed by atoms with van der Waals surface area (Å²) in [5, 5.41) is 0. The van der Waals surface area contributed by atoms with Gasteiger partial charge in [-0.15, -0.1) is 11.3 Å². The highest BCUT2D eigenvalue weighted by Crippen LogP contribution is 2.46. The Labute approximate surface area is 159 Å². The van der Waals surface area contributed by atoms with E-state index in [1.54, 1.807) is 7.11 Å². The van der Waals surface area contributed by atoms with Gasteiger partial charge >= 0.3 is 0 Å². The first-order valence-corrected chi connectivity index (χ1v) is 10.1. The molecule has 3 heterocycles. The van der Waals surface area contributed by atoms with Gasteiger partial charge in [-0.2, -0.15) is 0 Å². The number of rotatable bonds is 4. The topological polar surface area (TPSA) is 34.1 Å². The van der Waals surface area contributed by atoms with Crippen molar-refractivity contribution >= 4 is 17.6 Å². The highest BCUT2D eigenvalue weighted by atomic mass is 32.1. The third-order valence-electron chi connectivity index (χ3n) is 5.46. The normalized spacial score (nSPS) is 22.8. The fourth-order valence-corrected chi connectivity index (χ4v) is 5.31. The minimum Gasteiger partial charge on any atom is -0.355 e. The van der Waals surface area contributed by atoms with Crippen LogP contribution in [-0.2, 0) is 28.0 Å². The summed E-state index contributed by atoms with van der Waals surface area (Å²) < 4.78 is 12.1. The van der Waals surface area contributed by atoms with Crippen LogP contribution >= 0.6 is 11.3 Å². The van der Waals surface area contributed by atoms with Gasteiger partial charge in [0, 0.05) is 56.2 Å². The van der Waals surface area contributed by atoms with Gasteiger partial charge in [-0.05, 0) is 30.0 Å². The number of nitrogens with zero attached hydrogens (tertiary/aromatic N) is 2. The van der Waals surface area contributed by atoms with Crippen molar-refractivity contribution in [3.05, 3.63) is 57.3 Å². The Kier molecular flexibility index (Phi) is 5.23. The summed E-state index contributed by atoms with van der Waals surface area (Å²) in [6, 6.07) is 13.0. The minimum atomic E-state index is -0.211. The molecule has 5 heteroatoms. The molecular formula is C21H26N2O2S. The summed E-state index contributed by atoms with van der Waals surface area (Å²) in [4.78, 5) is 9.32. The zero-order valence-electron chi connectivity index (χ0n) is 15.5. The van der Waals surface area contributed by atoms with E-state index in [0.717, 1.165) is 38.9 Å². The lowest BCUT2D eigenvalue weighted by Crippen LogP contribution is -2.48. The number of hydrogen-bond acceptors (Lipinski definition) is 5. The Bertz CT molecular complexity index is 764.